The lowest BCUT2D eigenvalue weighted by atomic mass is 9.41. The Hall–Kier alpha value is -0.340. The van der Waals surface area contributed by atoms with Crippen molar-refractivity contribution in [2.24, 2.45) is 45.8 Å². The van der Waals surface area contributed by atoms with Gasteiger partial charge in [-0.3, -0.25) is 0 Å². The SMILES string of the molecule is CC(C)CCC[C@@H](C)[C@H]1CC[C@@H]2[C@]1(C)CC[C@H]1[C@@]2(C)CC=C2CC(OCCO)CC[C@@]21C. The molecule has 0 aliphatic heterocycles. The molecule has 2 nitrogen and oxygen atoms in total. The number of hydrogen-bond donors (Lipinski definition) is 1. The number of aliphatic hydroxyl groups excluding tert-OH is 1. The molecular weight excluding hydrogens is 392 g/mol. The second-order valence-electron chi connectivity index (χ2n) is 13.5. The smallest absolute Gasteiger partial charge is 0.0701 e. The molecule has 0 aromatic carbocycles. The molecule has 1 unspecified atom stereocenters. The fourth-order valence-corrected chi connectivity index (χ4v) is 9.67. The maximum absolute atomic E-state index is 9.17. The van der Waals surface area contributed by atoms with Gasteiger partial charge in [0.25, 0.3) is 0 Å². The van der Waals surface area contributed by atoms with Gasteiger partial charge in [0.1, 0.15) is 0 Å². The van der Waals surface area contributed by atoms with Gasteiger partial charge in [-0.15, -0.1) is 0 Å². The lowest BCUT2D eigenvalue weighted by Gasteiger charge is -2.63. The first-order valence-corrected chi connectivity index (χ1v) is 14.1. The van der Waals surface area contributed by atoms with Gasteiger partial charge in [-0.05, 0) is 97.2 Å². The molecule has 0 heterocycles. The molecule has 3 fully saturated rings. The standard InChI is InChI=1S/C30H52O2/c1-21(2)8-7-9-22(3)25-10-11-26-29(25,5)17-14-27-28(4)16-13-24(32-19-18-31)20-23(28)12-15-30(26,27)6/h12,21-22,24-27,31H,7-11,13-20H2,1-6H3/t22-,24?,25-,26-,27-,28+,29-,30+/m1/s1. The minimum atomic E-state index is 0.144. The van der Waals surface area contributed by atoms with Crippen LogP contribution in [0, 0.1) is 45.8 Å². The summed E-state index contributed by atoms with van der Waals surface area (Å²) in [6, 6.07) is 0. The van der Waals surface area contributed by atoms with Gasteiger partial charge < -0.3 is 9.84 Å². The summed E-state index contributed by atoms with van der Waals surface area (Å²) in [5.74, 6) is 4.38. The Morgan fingerprint density at radius 2 is 1.75 bits per heavy atom. The van der Waals surface area contributed by atoms with Gasteiger partial charge in [0.05, 0.1) is 19.3 Å². The Balaban J connectivity index is 1.50. The van der Waals surface area contributed by atoms with Crippen molar-refractivity contribution in [1.29, 1.82) is 0 Å². The second-order valence-corrected chi connectivity index (χ2v) is 13.5. The van der Waals surface area contributed by atoms with Crippen molar-refractivity contribution in [3.63, 3.8) is 0 Å². The van der Waals surface area contributed by atoms with Gasteiger partial charge >= 0.3 is 0 Å². The summed E-state index contributed by atoms with van der Waals surface area (Å²) in [5.41, 5.74) is 3.07. The molecule has 32 heavy (non-hydrogen) atoms. The molecule has 1 N–H and O–H groups in total. The van der Waals surface area contributed by atoms with Crippen molar-refractivity contribution in [3.05, 3.63) is 11.6 Å². The number of hydrogen-bond acceptors (Lipinski definition) is 2. The summed E-state index contributed by atoms with van der Waals surface area (Å²) in [6.45, 7) is 16.0. The van der Waals surface area contributed by atoms with Crippen LogP contribution in [0.25, 0.3) is 0 Å². The number of ether oxygens (including phenoxy) is 1. The largest absolute Gasteiger partial charge is 0.394 e. The van der Waals surface area contributed by atoms with E-state index in [2.05, 4.69) is 47.6 Å². The predicted molar refractivity (Wildman–Crippen MR) is 134 cm³/mol. The quantitative estimate of drug-likeness (QED) is 0.387. The molecule has 0 amide bonds. The van der Waals surface area contributed by atoms with Crippen molar-refractivity contribution in [3.8, 4) is 0 Å². The van der Waals surface area contributed by atoms with E-state index in [9.17, 15) is 5.11 Å². The van der Waals surface area contributed by atoms with Crippen LogP contribution in [0.3, 0.4) is 0 Å². The van der Waals surface area contributed by atoms with E-state index in [0.29, 0.717) is 29.0 Å². The van der Waals surface area contributed by atoms with Gasteiger partial charge in [0.15, 0.2) is 0 Å². The van der Waals surface area contributed by atoms with E-state index in [1.54, 1.807) is 5.57 Å². The third-order valence-electron chi connectivity index (χ3n) is 11.3. The highest BCUT2D eigenvalue weighted by Crippen LogP contribution is 2.72. The molecule has 2 heteroatoms. The normalized spacial score (nSPS) is 44.6. The zero-order valence-electron chi connectivity index (χ0n) is 22.1. The summed E-state index contributed by atoms with van der Waals surface area (Å²) >= 11 is 0. The van der Waals surface area contributed by atoms with Crippen molar-refractivity contribution in [2.75, 3.05) is 13.2 Å². The van der Waals surface area contributed by atoms with Crippen LogP contribution < -0.4 is 0 Å². The van der Waals surface area contributed by atoms with E-state index >= 15 is 0 Å². The average Bonchev–Trinajstić information content (AvgIpc) is 3.10. The van der Waals surface area contributed by atoms with Crippen LogP contribution >= 0.6 is 0 Å². The molecule has 0 bridgehead atoms. The van der Waals surface area contributed by atoms with E-state index in [1.807, 2.05) is 0 Å². The van der Waals surface area contributed by atoms with E-state index in [-0.39, 0.29) is 6.61 Å². The first kappa shape index (κ1) is 24.8. The Labute approximate surface area is 199 Å². The fourth-order valence-electron chi connectivity index (χ4n) is 9.67. The van der Waals surface area contributed by atoms with Gasteiger partial charge in [-0.25, -0.2) is 0 Å². The lowest BCUT2D eigenvalue weighted by Crippen LogP contribution is -2.56. The van der Waals surface area contributed by atoms with Crippen LogP contribution in [0.5, 0.6) is 0 Å². The Morgan fingerprint density at radius 1 is 0.969 bits per heavy atom. The molecule has 0 saturated heterocycles. The molecule has 0 aromatic rings. The number of allylic oxidation sites excluding steroid dienone is 1. The predicted octanol–water partition coefficient (Wildman–Crippen LogP) is 7.80. The van der Waals surface area contributed by atoms with Crippen molar-refractivity contribution >= 4 is 0 Å². The van der Waals surface area contributed by atoms with Gasteiger partial charge in [-0.1, -0.05) is 72.5 Å². The second kappa shape index (κ2) is 9.37. The van der Waals surface area contributed by atoms with Crippen LogP contribution in [0.15, 0.2) is 11.6 Å². The molecule has 0 spiro atoms. The molecule has 0 aromatic heterocycles. The molecular formula is C30H52O2. The van der Waals surface area contributed by atoms with E-state index in [4.69, 9.17) is 4.74 Å². The molecule has 4 aliphatic carbocycles. The van der Waals surface area contributed by atoms with Crippen LogP contribution in [-0.4, -0.2) is 24.4 Å². The topological polar surface area (TPSA) is 29.5 Å². The van der Waals surface area contributed by atoms with E-state index in [0.717, 1.165) is 42.4 Å². The van der Waals surface area contributed by atoms with Crippen molar-refractivity contribution < 1.29 is 9.84 Å². The number of rotatable bonds is 8. The van der Waals surface area contributed by atoms with Gasteiger partial charge in [0, 0.05) is 0 Å². The first-order chi connectivity index (χ1) is 15.1. The highest BCUT2D eigenvalue weighted by Gasteiger charge is 2.63. The van der Waals surface area contributed by atoms with E-state index in [1.165, 1.54) is 57.8 Å². The minimum Gasteiger partial charge on any atom is -0.394 e. The first-order valence-electron chi connectivity index (χ1n) is 14.1. The molecule has 184 valence electrons. The lowest BCUT2D eigenvalue weighted by molar-refractivity contribution is -0.117. The fraction of sp³-hybridized carbons (Fsp3) is 0.933. The zero-order chi connectivity index (χ0) is 23.1. The highest BCUT2D eigenvalue weighted by atomic mass is 16.5. The zero-order valence-corrected chi connectivity index (χ0v) is 22.1. The van der Waals surface area contributed by atoms with Crippen molar-refractivity contribution in [2.45, 2.75) is 118 Å². The Kier molecular flexibility index (Phi) is 7.25. The highest BCUT2D eigenvalue weighted by molar-refractivity contribution is 5.28. The van der Waals surface area contributed by atoms with Gasteiger partial charge in [-0.2, -0.15) is 0 Å². The Bertz CT molecular complexity index is 682. The Morgan fingerprint density at radius 3 is 2.47 bits per heavy atom. The monoisotopic (exact) mass is 444 g/mol. The van der Waals surface area contributed by atoms with Crippen molar-refractivity contribution in [1.82, 2.24) is 0 Å². The summed E-state index contributed by atoms with van der Waals surface area (Å²) in [5, 5.41) is 9.17. The van der Waals surface area contributed by atoms with Gasteiger partial charge in [0.2, 0.25) is 0 Å². The minimum absolute atomic E-state index is 0.144. The van der Waals surface area contributed by atoms with Crippen LogP contribution in [0.2, 0.25) is 0 Å². The summed E-state index contributed by atoms with van der Waals surface area (Å²) < 4.78 is 5.97. The summed E-state index contributed by atoms with van der Waals surface area (Å²) in [6.07, 6.45) is 17.8. The molecule has 4 aliphatic rings. The van der Waals surface area contributed by atoms with Crippen LogP contribution in [-0.2, 0) is 4.74 Å². The van der Waals surface area contributed by atoms with E-state index < -0.39 is 0 Å². The molecule has 0 radical (unpaired) electrons. The third-order valence-corrected chi connectivity index (χ3v) is 11.3. The third kappa shape index (κ3) is 4.15. The summed E-state index contributed by atoms with van der Waals surface area (Å²) in [4.78, 5) is 0. The number of aliphatic hydroxyl groups is 1. The molecule has 3 saturated carbocycles. The summed E-state index contributed by atoms with van der Waals surface area (Å²) in [7, 11) is 0. The number of fused-ring (bicyclic) bond motifs is 5. The average molecular weight is 445 g/mol. The van der Waals surface area contributed by atoms with Crippen LogP contribution in [0.1, 0.15) is 112 Å². The maximum Gasteiger partial charge on any atom is 0.0701 e. The maximum atomic E-state index is 9.17. The van der Waals surface area contributed by atoms with Crippen LogP contribution in [0.4, 0.5) is 0 Å². The molecule has 8 atom stereocenters. The molecule has 4 rings (SSSR count).